The summed E-state index contributed by atoms with van der Waals surface area (Å²) in [6, 6.07) is 13.7. The second kappa shape index (κ2) is 8.57. The molecule has 0 aromatic heterocycles. The van der Waals surface area contributed by atoms with Gasteiger partial charge in [-0.05, 0) is 69.7 Å². The first kappa shape index (κ1) is 21.4. The van der Waals surface area contributed by atoms with Crippen molar-refractivity contribution in [2.75, 3.05) is 17.2 Å². The third-order valence-electron chi connectivity index (χ3n) is 5.56. The van der Waals surface area contributed by atoms with E-state index in [4.69, 9.17) is 11.5 Å². The van der Waals surface area contributed by atoms with Crippen molar-refractivity contribution in [2.45, 2.75) is 65.4 Å². The average molecular weight is 419 g/mol. The summed E-state index contributed by atoms with van der Waals surface area (Å²) >= 11 is 3.37. The summed E-state index contributed by atoms with van der Waals surface area (Å²) in [7, 11) is 0. The van der Waals surface area contributed by atoms with E-state index in [0.29, 0.717) is 5.75 Å². The maximum Gasteiger partial charge on any atom is 0.0741 e. The Morgan fingerprint density at radius 1 is 1.11 bits per heavy atom. The first-order valence-corrected chi connectivity index (χ1v) is 11.5. The Balaban J connectivity index is 0.000000231. The number of nitrogen functional groups attached to an aromatic ring is 2. The van der Waals surface area contributed by atoms with E-state index >= 15 is 0 Å². The van der Waals surface area contributed by atoms with Gasteiger partial charge in [-0.3, -0.25) is 0 Å². The fraction of sp³-hybridized carbons (Fsp3) is 0.455. The molecule has 0 bridgehead atoms. The van der Waals surface area contributed by atoms with Crippen LogP contribution in [0, 0.1) is 5.92 Å². The smallest absolute Gasteiger partial charge is 0.0741 e. The quantitative estimate of drug-likeness (QED) is 0.277. The van der Waals surface area contributed by atoms with Gasteiger partial charge >= 0.3 is 0 Å². The molecule has 2 aliphatic rings. The van der Waals surface area contributed by atoms with Gasteiger partial charge in [0.05, 0.1) is 11.2 Å². The lowest BCUT2D eigenvalue weighted by atomic mass is 9.73. The van der Waals surface area contributed by atoms with Crippen LogP contribution < -0.4 is 11.5 Å². The predicted octanol–water partition coefficient (Wildman–Crippen LogP) is 4.79. The number of rotatable bonds is 4. The van der Waals surface area contributed by atoms with Crippen LogP contribution in [0.15, 0.2) is 57.2 Å². The van der Waals surface area contributed by atoms with Gasteiger partial charge in [0.1, 0.15) is 0 Å². The Morgan fingerprint density at radius 3 is 2.36 bits per heavy atom. The van der Waals surface area contributed by atoms with Gasteiger partial charge in [-0.2, -0.15) is 0 Å². The van der Waals surface area contributed by atoms with Crippen molar-refractivity contribution < 1.29 is 10.2 Å². The lowest BCUT2D eigenvalue weighted by Crippen LogP contribution is -2.42. The highest BCUT2D eigenvalue weighted by molar-refractivity contribution is 8.05. The van der Waals surface area contributed by atoms with Crippen molar-refractivity contribution in [3.05, 3.63) is 42.5 Å². The number of anilines is 2. The molecule has 6 heteroatoms. The molecule has 1 saturated carbocycles. The van der Waals surface area contributed by atoms with Crippen LogP contribution in [0.4, 0.5) is 11.4 Å². The maximum absolute atomic E-state index is 10.7. The summed E-state index contributed by atoms with van der Waals surface area (Å²) in [5, 5.41) is 20.7. The zero-order chi connectivity index (χ0) is 20.4. The molecule has 0 saturated heterocycles. The number of thioether (sulfide) groups is 1. The molecule has 4 rings (SSSR count). The number of nitrogens with two attached hydrogens (primary N) is 2. The molecular formula is C22H30N2O2S2. The summed E-state index contributed by atoms with van der Waals surface area (Å²) in [6.07, 6.45) is 3.30. The normalized spacial score (nSPS) is 25.1. The molecule has 1 aliphatic heterocycles. The SMILES string of the molecule is CC1(O)CCC(C(C)(O)CSc2ccccc2N)CC1.Nc1cccc2c1S2. The summed E-state index contributed by atoms with van der Waals surface area (Å²) < 4.78 is 0. The van der Waals surface area contributed by atoms with Gasteiger partial charge in [0, 0.05) is 31.8 Å². The number of hydrogen-bond donors (Lipinski definition) is 4. The molecule has 152 valence electrons. The first-order valence-electron chi connectivity index (χ1n) is 9.66. The summed E-state index contributed by atoms with van der Waals surface area (Å²) in [5.74, 6) is 0.883. The topological polar surface area (TPSA) is 92.5 Å². The standard InChI is InChI=1S/C16H25NO2S.C6H5NS/c1-15(18)9-7-12(8-10-15)16(2,19)11-20-14-6-4-3-5-13(14)17;7-4-2-1-3-5-6(4)8-5/h3-6,12,18-19H,7-11,17H2,1-2H3;1-3H,7H2. The molecule has 1 heterocycles. The van der Waals surface area contributed by atoms with Crippen LogP contribution in [0.2, 0.25) is 0 Å². The minimum absolute atomic E-state index is 0.250. The Bertz CT molecular complexity index is 814. The number of benzene rings is 2. The van der Waals surface area contributed by atoms with E-state index in [9.17, 15) is 10.2 Å². The van der Waals surface area contributed by atoms with E-state index in [1.807, 2.05) is 50.2 Å². The van der Waals surface area contributed by atoms with Gasteiger partial charge in [-0.1, -0.05) is 30.0 Å². The van der Waals surface area contributed by atoms with E-state index in [2.05, 4.69) is 6.07 Å². The van der Waals surface area contributed by atoms with Gasteiger partial charge in [0.25, 0.3) is 0 Å². The van der Waals surface area contributed by atoms with Crippen molar-refractivity contribution in [3.8, 4) is 0 Å². The maximum atomic E-state index is 10.7. The van der Waals surface area contributed by atoms with Crippen LogP contribution in [0.5, 0.6) is 0 Å². The summed E-state index contributed by atoms with van der Waals surface area (Å²) in [6.45, 7) is 3.79. The number of fused-ring (bicyclic) bond motifs is 1. The van der Waals surface area contributed by atoms with Crippen molar-refractivity contribution >= 4 is 34.9 Å². The summed E-state index contributed by atoms with van der Waals surface area (Å²) in [5.41, 5.74) is 11.9. The van der Waals surface area contributed by atoms with Crippen molar-refractivity contribution in [3.63, 3.8) is 0 Å². The third-order valence-corrected chi connectivity index (χ3v) is 7.99. The molecule has 1 atom stereocenters. The molecule has 2 aromatic rings. The monoisotopic (exact) mass is 418 g/mol. The predicted molar refractivity (Wildman–Crippen MR) is 120 cm³/mol. The van der Waals surface area contributed by atoms with Gasteiger partial charge in [-0.15, -0.1) is 11.8 Å². The molecule has 1 aliphatic carbocycles. The minimum atomic E-state index is -0.719. The molecular weight excluding hydrogens is 388 g/mol. The molecule has 6 N–H and O–H groups in total. The zero-order valence-corrected chi connectivity index (χ0v) is 18.2. The first-order chi connectivity index (χ1) is 13.2. The number of para-hydroxylation sites is 1. The summed E-state index contributed by atoms with van der Waals surface area (Å²) in [4.78, 5) is 3.63. The highest BCUT2D eigenvalue weighted by Crippen LogP contribution is 2.51. The highest BCUT2D eigenvalue weighted by atomic mass is 32.2. The fourth-order valence-electron chi connectivity index (χ4n) is 3.53. The van der Waals surface area contributed by atoms with Crippen LogP contribution in [0.3, 0.4) is 0 Å². The molecule has 2 aromatic carbocycles. The van der Waals surface area contributed by atoms with Crippen LogP contribution in [0.1, 0.15) is 39.5 Å². The second-order valence-electron chi connectivity index (χ2n) is 8.23. The van der Waals surface area contributed by atoms with Crippen molar-refractivity contribution in [1.29, 1.82) is 0 Å². The van der Waals surface area contributed by atoms with Gasteiger partial charge in [-0.25, -0.2) is 0 Å². The lowest BCUT2D eigenvalue weighted by molar-refractivity contribution is -0.0486. The Hall–Kier alpha value is -1.34. The van der Waals surface area contributed by atoms with Crippen LogP contribution in [-0.4, -0.2) is 27.2 Å². The average Bonchev–Trinajstić information content (AvgIpc) is 3.43. The van der Waals surface area contributed by atoms with E-state index in [1.165, 1.54) is 9.79 Å². The third kappa shape index (κ3) is 5.60. The van der Waals surface area contributed by atoms with E-state index in [0.717, 1.165) is 42.0 Å². The Kier molecular flexibility index (Phi) is 6.54. The van der Waals surface area contributed by atoms with E-state index in [1.54, 1.807) is 23.5 Å². The highest BCUT2D eigenvalue weighted by Gasteiger charge is 2.38. The molecule has 0 spiro atoms. The van der Waals surface area contributed by atoms with E-state index < -0.39 is 11.2 Å². The van der Waals surface area contributed by atoms with Gasteiger partial charge < -0.3 is 21.7 Å². The van der Waals surface area contributed by atoms with Gasteiger partial charge in [0.2, 0.25) is 0 Å². The van der Waals surface area contributed by atoms with Crippen molar-refractivity contribution in [2.24, 2.45) is 5.92 Å². The second-order valence-corrected chi connectivity index (χ2v) is 10.3. The Labute approximate surface area is 176 Å². The molecule has 1 fully saturated rings. The van der Waals surface area contributed by atoms with Crippen LogP contribution in [0.25, 0.3) is 0 Å². The number of aliphatic hydroxyl groups is 2. The molecule has 0 amide bonds. The van der Waals surface area contributed by atoms with Gasteiger partial charge in [0.15, 0.2) is 0 Å². The minimum Gasteiger partial charge on any atom is -0.398 e. The Morgan fingerprint density at radius 2 is 1.75 bits per heavy atom. The zero-order valence-electron chi connectivity index (χ0n) is 16.5. The molecule has 4 nitrogen and oxygen atoms in total. The lowest BCUT2D eigenvalue weighted by Gasteiger charge is -2.40. The van der Waals surface area contributed by atoms with Crippen molar-refractivity contribution in [1.82, 2.24) is 0 Å². The van der Waals surface area contributed by atoms with E-state index in [-0.39, 0.29) is 5.92 Å². The molecule has 1 unspecified atom stereocenters. The number of hydrogen-bond acceptors (Lipinski definition) is 6. The van der Waals surface area contributed by atoms with Crippen LogP contribution in [-0.2, 0) is 0 Å². The molecule has 28 heavy (non-hydrogen) atoms. The fourth-order valence-corrected chi connectivity index (χ4v) is 5.31. The molecule has 0 radical (unpaired) electrons. The van der Waals surface area contributed by atoms with Crippen LogP contribution >= 0.6 is 23.5 Å². The largest absolute Gasteiger partial charge is 0.398 e.